The molecule has 4 rings (SSSR count). The monoisotopic (exact) mass is 523 g/mol. The maximum absolute atomic E-state index is 13.5. The average molecular weight is 524 g/mol. The molecule has 1 saturated heterocycles. The van der Waals surface area contributed by atoms with Crippen LogP contribution in [-0.4, -0.2) is 23.9 Å². The van der Waals surface area contributed by atoms with Gasteiger partial charge in [0.1, 0.15) is 11.5 Å². The van der Waals surface area contributed by atoms with Gasteiger partial charge in [-0.05, 0) is 72.9 Å². The highest BCUT2D eigenvalue weighted by Crippen LogP contribution is 2.44. The maximum atomic E-state index is 13.5. The fourth-order valence-electron chi connectivity index (χ4n) is 4.53. The smallest absolute Gasteiger partial charge is 0.300 e. The predicted octanol–water partition coefficient (Wildman–Crippen LogP) is 7.37. The highest BCUT2D eigenvalue weighted by molar-refractivity contribution is 6.52. The van der Waals surface area contributed by atoms with Gasteiger partial charge in [-0.2, -0.15) is 0 Å². The van der Waals surface area contributed by atoms with E-state index in [0.29, 0.717) is 33.1 Å². The van der Waals surface area contributed by atoms with Crippen LogP contribution in [-0.2, 0) is 9.59 Å². The molecular weight excluding hydrogens is 497 g/mol. The Morgan fingerprint density at radius 3 is 2.22 bits per heavy atom. The van der Waals surface area contributed by atoms with Crippen molar-refractivity contribution in [2.75, 3.05) is 12.0 Å². The van der Waals surface area contributed by atoms with Gasteiger partial charge in [0.05, 0.1) is 28.8 Å². The van der Waals surface area contributed by atoms with Crippen molar-refractivity contribution >= 4 is 46.3 Å². The number of benzene rings is 3. The summed E-state index contributed by atoms with van der Waals surface area (Å²) >= 11 is 12.5. The number of aliphatic hydroxyl groups is 1. The Labute approximate surface area is 220 Å². The zero-order chi connectivity index (χ0) is 26.3. The van der Waals surface area contributed by atoms with Crippen LogP contribution in [0, 0.1) is 13.8 Å². The van der Waals surface area contributed by atoms with E-state index in [4.69, 9.17) is 27.9 Å². The van der Waals surface area contributed by atoms with Gasteiger partial charge in [0, 0.05) is 11.3 Å². The van der Waals surface area contributed by atoms with Gasteiger partial charge in [0.2, 0.25) is 0 Å². The Kier molecular flexibility index (Phi) is 7.17. The molecule has 0 radical (unpaired) electrons. The van der Waals surface area contributed by atoms with Gasteiger partial charge < -0.3 is 9.84 Å². The molecule has 1 atom stereocenters. The standard InChI is InChI=1S/C29H27Cl2NO4/c1-15(2)20-14-21(17(4)12-24(20)36-5)27(33)25-26(18-8-11-22(30)23(31)13-18)32(29(35)28(25)34)19-9-6-16(3)7-10-19/h6-15,26,33H,1-5H3/b27-25+. The molecule has 36 heavy (non-hydrogen) atoms. The van der Waals surface area contributed by atoms with Crippen molar-refractivity contribution in [1.82, 2.24) is 0 Å². The van der Waals surface area contributed by atoms with E-state index in [2.05, 4.69) is 0 Å². The third-order valence-corrected chi connectivity index (χ3v) is 7.21. The van der Waals surface area contributed by atoms with Crippen LogP contribution in [0.15, 0.2) is 60.2 Å². The van der Waals surface area contributed by atoms with Crippen LogP contribution in [0.25, 0.3) is 5.76 Å². The van der Waals surface area contributed by atoms with E-state index in [0.717, 1.165) is 11.1 Å². The fourth-order valence-corrected chi connectivity index (χ4v) is 4.83. The van der Waals surface area contributed by atoms with Crippen LogP contribution in [0.2, 0.25) is 10.0 Å². The summed E-state index contributed by atoms with van der Waals surface area (Å²) in [6.45, 7) is 7.80. The molecule has 0 aromatic heterocycles. The number of methoxy groups -OCH3 is 1. The third-order valence-electron chi connectivity index (χ3n) is 6.47. The van der Waals surface area contributed by atoms with E-state index in [1.165, 1.54) is 4.90 Å². The Hall–Kier alpha value is -3.28. The lowest BCUT2D eigenvalue weighted by molar-refractivity contribution is -0.132. The summed E-state index contributed by atoms with van der Waals surface area (Å²) in [6.07, 6.45) is 0. The van der Waals surface area contributed by atoms with E-state index >= 15 is 0 Å². The second-order valence-corrected chi connectivity index (χ2v) is 10.1. The molecule has 0 spiro atoms. The highest BCUT2D eigenvalue weighted by atomic mass is 35.5. The number of rotatable bonds is 5. The molecule has 1 heterocycles. The van der Waals surface area contributed by atoms with Crippen molar-refractivity contribution in [2.45, 2.75) is 39.7 Å². The van der Waals surface area contributed by atoms with Crippen molar-refractivity contribution in [1.29, 1.82) is 0 Å². The zero-order valence-electron chi connectivity index (χ0n) is 20.7. The van der Waals surface area contributed by atoms with Crippen LogP contribution in [0.5, 0.6) is 5.75 Å². The second kappa shape index (κ2) is 10.00. The number of hydrogen-bond acceptors (Lipinski definition) is 4. The Morgan fingerprint density at radius 2 is 1.64 bits per heavy atom. The Balaban J connectivity index is 2.00. The van der Waals surface area contributed by atoms with E-state index in [1.54, 1.807) is 37.4 Å². The lowest BCUT2D eigenvalue weighted by atomic mass is 9.91. The first-order chi connectivity index (χ1) is 17.0. The summed E-state index contributed by atoms with van der Waals surface area (Å²) in [7, 11) is 1.59. The summed E-state index contributed by atoms with van der Waals surface area (Å²) in [4.78, 5) is 28.2. The van der Waals surface area contributed by atoms with Crippen LogP contribution in [0.4, 0.5) is 5.69 Å². The highest BCUT2D eigenvalue weighted by Gasteiger charge is 2.47. The normalized spacial score (nSPS) is 17.2. The van der Waals surface area contributed by atoms with Gasteiger partial charge in [-0.3, -0.25) is 14.5 Å². The van der Waals surface area contributed by atoms with Crippen molar-refractivity contribution in [3.05, 3.63) is 98.0 Å². The number of aliphatic hydroxyl groups excluding tert-OH is 1. The van der Waals surface area contributed by atoms with Gasteiger partial charge in [-0.25, -0.2) is 0 Å². The van der Waals surface area contributed by atoms with E-state index in [-0.39, 0.29) is 22.3 Å². The van der Waals surface area contributed by atoms with E-state index < -0.39 is 17.7 Å². The number of anilines is 1. The van der Waals surface area contributed by atoms with Crippen LogP contribution >= 0.6 is 23.2 Å². The molecule has 1 amide bonds. The summed E-state index contributed by atoms with van der Waals surface area (Å²) in [6, 6.07) is 15.0. The lowest BCUT2D eigenvalue weighted by Gasteiger charge is -2.26. The number of carbonyl (C=O) groups is 2. The molecule has 3 aromatic carbocycles. The quantitative estimate of drug-likeness (QED) is 0.215. The van der Waals surface area contributed by atoms with E-state index in [9.17, 15) is 14.7 Å². The molecule has 1 N–H and O–H groups in total. The molecule has 186 valence electrons. The number of ketones is 1. The molecule has 0 aliphatic carbocycles. The van der Waals surface area contributed by atoms with Crippen molar-refractivity contribution in [2.24, 2.45) is 0 Å². The van der Waals surface area contributed by atoms with Crippen molar-refractivity contribution < 1.29 is 19.4 Å². The molecule has 5 nitrogen and oxygen atoms in total. The zero-order valence-corrected chi connectivity index (χ0v) is 22.2. The number of amides is 1. The molecule has 0 bridgehead atoms. The van der Waals surface area contributed by atoms with Gasteiger partial charge in [0.15, 0.2) is 0 Å². The summed E-state index contributed by atoms with van der Waals surface area (Å²) < 4.78 is 5.53. The molecular formula is C29H27Cl2NO4. The Morgan fingerprint density at radius 1 is 0.972 bits per heavy atom. The topological polar surface area (TPSA) is 66.8 Å². The maximum Gasteiger partial charge on any atom is 0.300 e. The molecule has 1 aliphatic heterocycles. The van der Waals surface area contributed by atoms with Gasteiger partial charge in [-0.15, -0.1) is 0 Å². The van der Waals surface area contributed by atoms with Gasteiger partial charge >= 0.3 is 0 Å². The number of ether oxygens (including phenoxy) is 1. The summed E-state index contributed by atoms with van der Waals surface area (Å²) in [5, 5.41) is 12.2. The molecule has 3 aromatic rings. The lowest BCUT2D eigenvalue weighted by Crippen LogP contribution is -2.29. The minimum Gasteiger partial charge on any atom is -0.507 e. The molecule has 1 unspecified atom stereocenters. The number of aryl methyl sites for hydroxylation is 2. The molecule has 0 saturated carbocycles. The first-order valence-electron chi connectivity index (χ1n) is 11.6. The van der Waals surface area contributed by atoms with Crippen molar-refractivity contribution in [3.8, 4) is 5.75 Å². The fraction of sp³-hybridized carbons (Fsp3) is 0.241. The van der Waals surface area contributed by atoms with Crippen LogP contribution in [0.1, 0.15) is 53.6 Å². The molecule has 1 fully saturated rings. The first-order valence-corrected chi connectivity index (χ1v) is 12.3. The number of halogens is 2. The van der Waals surface area contributed by atoms with Gasteiger partial charge in [-0.1, -0.05) is 60.8 Å². The van der Waals surface area contributed by atoms with Crippen LogP contribution < -0.4 is 9.64 Å². The summed E-state index contributed by atoms with van der Waals surface area (Å²) in [5.41, 5.74) is 4.14. The third kappa shape index (κ3) is 4.49. The summed E-state index contributed by atoms with van der Waals surface area (Å²) in [5.74, 6) is -0.952. The Bertz CT molecular complexity index is 1390. The SMILES string of the molecule is COc1cc(C)c(/C(O)=C2\C(=O)C(=O)N(c3ccc(C)cc3)C2c2ccc(Cl)c(Cl)c2)cc1C(C)C. The minimum absolute atomic E-state index is 0.0121. The minimum atomic E-state index is -0.897. The second-order valence-electron chi connectivity index (χ2n) is 9.24. The predicted molar refractivity (Wildman–Crippen MR) is 144 cm³/mol. The number of carbonyl (C=O) groups excluding carboxylic acids is 2. The number of hydrogen-bond donors (Lipinski definition) is 1. The van der Waals surface area contributed by atoms with E-state index in [1.807, 2.05) is 52.0 Å². The number of Topliss-reactive ketones (excluding diaryl/α,β-unsaturated/α-hetero) is 1. The van der Waals surface area contributed by atoms with Crippen molar-refractivity contribution in [3.63, 3.8) is 0 Å². The average Bonchev–Trinajstić information content (AvgIpc) is 3.11. The van der Waals surface area contributed by atoms with Gasteiger partial charge in [0.25, 0.3) is 11.7 Å². The molecule has 1 aliphatic rings. The number of nitrogens with zero attached hydrogens (tertiary/aromatic N) is 1. The largest absolute Gasteiger partial charge is 0.507 e. The van der Waals surface area contributed by atoms with Crippen LogP contribution in [0.3, 0.4) is 0 Å². The molecule has 7 heteroatoms. The first kappa shape index (κ1) is 25.8.